The first kappa shape index (κ1) is 42.2. The lowest BCUT2D eigenvalue weighted by Crippen LogP contribution is -2.28. The van der Waals surface area contributed by atoms with E-state index in [1.54, 1.807) is 17.0 Å². The Morgan fingerprint density at radius 3 is 2.61 bits per heavy atom. The minimum Gasteiger partial charge on any atom is -0.449 e. The first-order chi connectivity index (χ1) is 23.0. The van der Waals surface area contributed by atoms with Gasteiger partial charge in [0.25, 0.3) is 5.56 Å². The Labute approximate surface area is 294 Å². The molecule has 0 saturated carbocycles. The fraction of sp³-hybridized carbons (Fsp3) is 0.571. The fourth-order valence-electron chi connectivity index (χ4n) is 3.96. The molecule has 0 spiro atoms. The predicted molar refractivity (Wildman–Crippen MR) is 184 cm³/mol. The van der Waals surface area contributed by atoms with Gasteiger partial charge in [0.15, 0.2) is 5.65 Å². The monoisotopic (exact) mass is 830 g/mol. The largest absolute Gasteiger partial charge is 0.490 e. The summed E-state index contributed by atoms with van der Waals surface area (Å²) in [5.74, 6) is 6.82. The van der Waals surface area contributed by atoms with Crippen LogP contribution in [0.5, 0.6) is 0 Å². The zero-order valence-corrected chi connectivity index (χ0v) is 31.2. The predicted octanol–water partition coefficient (Wildman–Crippen LogP) is 1.71. The molecule has 21 nitrogen and oxygen atoms in total. The molecule has 10 N–H and O–H groups in total. The minimum absolute atomic E-state index is 0.0481. The van der Waals surface area contributed by atoms with E-state index in [0.29, 0.717) is 12.3 Å². The number of nitrogens with two attached hydrogens (primary N) is 2. The van der Waals surface area contributed by atoms with E-state index in [9.17, 15) is 33.1 Å². The number of rotatable bonds is 19. The van der Waals surface area contributed by atoms with Crippen molar-refractivity contribution in [3.8, 4) is 11.8 Å². The van der Waals surface area contributed by atoms with Gasteiger partial charge in [-0.2, -0.15) is 13.6 Å². The number of hydrogen-bond acceptors (Lipinski definition) is 18. The summed E-state index contributed by atoms with van der Waals surface area (Å²) in [5.41, 5.74) is 10.9. The normalized spacial score (nSPS) is 20.3. The number of hydrogen-bond donors (Lipinski definition) is 8. The molecule has 0 radical (unpaired) electrons. The van der Waals surface area contributed by atoms with Gasteiger partial charge in [-0.3, -0.25) is 14.3 Å². The van der Waals surface area contributed by atoms with E-state index >= 15 is 0 Å². The first-order valence-electron chi connectivity index (χ1n) is 13.5. The molecule has 1 saturated heterocycles. The Morgan fingerprint density at radius 1 is 1.18 bits per heavy atom. The maximum atomic E-state index is 12.9. The van der Waals surface area contributed by atoms with Crippen LogP contribution >= 0.6 is 66.6 Å². The molecule has 5 atom stereocenters. The molecule has 28 heteroatoms. The molecule has 2 unspecified atom stereocenters. The number of phosphoric acid groups is 3. The van der Waals surface area contributed by atoms with Gasteiger partial charge in [0.1, 0.15) is 24.9 Å². The Kier molecular flexibility index (Phi) is 16.8. The second-order valence-corrected chi connectivity index (χ2v) is 18.8. The van der Waals surface area contributed by atoms with Crippen LogP contribution in [-0.4, -0.2) is 102 Å². The van der Waals surface area contributed by atoms with E-state index in [0.717, 1.165) is 5.75 Å². The number of carbonyl (C=O) groups excluding carboxylic acids is 1. The number of aromatic nitrogens is 3. The Hall–Kier alpha value is -1.26. The highest BCUT2D eigenvalue weighted by atomic mass is 33.1. The topological polar surface area (TPSA) is 319 Å². The number of ether oxygens (including phenoxy) is 3. The number of H-pyrrole nitrogens is 1. The van der Waals surface area contributed by atoms with E-state index in [1.807, 2.05) is 0 Å². The van der Waals surface area contributed by atoms with Crippen molar-refractivity contribution in [3.63, 3.8) is 0 Å². The lowest BCUT2D eigenvalue weighted by atomic mass is 10.2. The van der Waals surface area contributed by atoms with Crippen molar-refractivity contribution in [1.82, 2.24) is 19.9 Å². The third-order valence-corrected chi connectivity index (χ3v) is 13.4. The third kappa shape index (κ3) is 14.4. The molecule has 0 aromatic carbocycles. The number of nitrogens with zero attached hydrogens (tertiary/aromatic N) is 2. The minimum atomic E-state index is -5.74. The van der Waals surface area contributed by atoms with Gasteiger partial charge in [0.05, 0.1) is 30.2 Å². The standard InChI is InChI=1S/C21H33N6O15P3S4/c1-46-49-12-38-14-9-16(40-15(14)11-39-44(33,34)42-45(35,36)41-43(30,31)32)27-10-13(17-18(27)25-20(23)26-19(17)28)3-2-5-24-21(29)37-6-8-48-47-7-4-22/h10,14-16H,4-9,11-12,22H2,1H3,(H,24,29)(H,33,34)(H,35,36)(H2,30,31,32)(H3,23,25,26,28)/t14-,15-,16-/m1/s1. The van der Waals surface area contributed by atoms with Gasteiger partial charge in [-0.05, 0) is 6.26 Å². The first-order valence-corrected chi connectivity index (χ1v) is 23.2. The van der Waals surface area contributed by atoms with Gasteiger partial charge in [-0.25, -0.2) is 18.5 Å². The lowest BCUT2D eigenvalue weighted by molar-refractivity contribution is -0.0520. The number of nitrogens with one attached hydrogen (secondary N) is 2. The number of carbonyl (C=O) groups is 1. The smallest absolute Gasteiger partial charge is 0.449 e. The van der Waals surface area contributed by atoms with Crippen molar-refractivity contribution in [2.24, 2.45) is 5.73 Å². The summed E-state index contributed by atoms with van der Waals surface area (Å²) in [6.45, 7) is -0.161. The zero-order valence-electron chi connectivity index (χ0n) is 25.3. The Morgan fingerprint density at radius 2 is 1.92 bits per heavy atom. The molecule has 3 heterocycles. The molecule has 2 aromatic rings. The Bertz CT molecular complexity index is 1700. The second kappa shape index (κ2) is 19.5. The Balaban J connectivity index is 1.76. The summed E-state index contributed by atoms with van der Waals surface area (Å²) in [5, 5.41) is 2.53. The van der Waals surface area contributed by atoms with Gasteiger partial charge < -0.3 is 55.1 Å². The maximum absolute atomic E-state index is 12.9. The lowest BCUT2D eigenvalue weighted by Gasteiger charge is -2.21. The molecule has 1 amide bonds. The maximum Gasteiger partial charge on any atom is 0.490 e. The highest BCUT2D eigenvalue weighted by Crippen LogP contribution is 2.66. The van der Waals surface area contributed by atoms with Crippen molar-refractivity contribution < 1.29 is 65.4 Å². The number of anilines is 1. The summed E-state index contributed by atoms with van der Waals surface area (Å²) >= 11 is 0. The molecule has 1 fully saturated rings. The molecule has 0 bridgehead atoms. The van der Waals surface area contributed by atoms with Gasteiger partial charge in [0.2, 0.25) is 5.95 Å². The molecule has 49 heavy (non-hydrogen) atoms. The van der Waals surface area contributed by atoms with Crippen LogP contribution in [-0.2, 0) is 41.1 Å². The molecular weight excluding hydrogens is 797 g/mol. The van der Waals surface area contributed by atoms with E-state index < -0.39 is 60.2 Å². The highest BCUT2D eigenvalue weighted by molar-refractivity contribution is 8.76. The summed E-state index contributed by atoms with van der Waals surface area (Å²) in [6.07, 6.45) is -0.245. The number of nitrogen functional groups attached to an aromatic ring is 1. The summed E-state index contributed by atoms with van der Waals surface area (Å²) in [7, 11) is -11.0. The van der Waals surface area contributed by atoms with E-state index in [1.165, 1.54) is 43.1 Å². The van der Waals surface area contributed by atoms with E-state index in [2.05, 4.69) is 35.7 Å². The van der Waals surface area contributed by atoms with Crippen molar-refractivity contribution in [3.05, 3.63) is 22.1 Å². The summed E-state index contributed by atoms with van der Waals surface area (Å²) < 4.78 is 65.6. The number of amides is 1. The second-order valence-electron chi connectivity index (χ2n) is 9.18. The average Bonchev–Trinajstić information content (AvgIpc) is 3.55. The van der Waals surface area contributed by atoms with Crippen molar-refractivity contribution in [1.29, 1.82) is 0 Å². The van der Waals surface area contributed by atoms with Crippen LogP contribution in [0.15, 0.2) is 11.0 Å². The molecule has 1 aliphatic rings. The molecule has 3 rings (SSSR count). The number of aromatic amines is 1. The summed E-state index contributed by atoms with van der Waals surface area (Å²) in [4.78, 5) is 68.3. The quantitative estimate of drug-likeness (QED) is 0.0328. The van der Waals surface area contributed by atoms with Crippen LogP contribution in [0.2, 0.25) is 0 Å². The summed E-state index contributed by atoms with van der Waals surface area (Å²) in [6, 6.07) is 0. The molecule has 2 aromatic heterocycles. The van der Waals surface area contributed by atoms with Crippen LogP contribution in [0, 0.1) is 11.8 Å². The van der Waals surface area contributed by atoms with Crippen molar-refractivity contribution in [2.75, 3.05) is 55.7 Å². The molecule has 0 aliphatic carbocycles. The third-order valence-electron chi connectivity index (χ3n) is 5.69. The van der Waals surface area contributed by atoms with Crippen molar-refractivity contribution >= 4 is 89.7 Å². The molecular formula is C21H33N6O15P3S4. The number of phosphoric ester groups is 1. The van der Waals surface area contributed by atoms with Gasteiger partial charge in [0, 0.05) is 30.7 Å². The molecule has 276 valence electrons. The number of alkyl carbamates (subject to hydrolysis) is 1. The SMILES string of the molecule is CSSCO[C@@H]1C[C@H](n2cc(C#CCNC(=O)OCCSSCCN)c3c(=O)[nH]c(N)nc32)O[C@@H]1COP(=O)(O)OP(=O)(O)OP(=O)(O)O. The van der Waals surface area contributed by atoms with Crippen LogP contribution in [0.25, 0.3) is 11.0 Å². The van der Waals surface area contributed by atoms with Crippen LogP contribution in [0.1, 0.15) is 18.2 Å². The fourth-order valence-corrected chi connectivity index (χ4v) is 9.45. The highest BCUT2D eigenvalue weighted by Gasteiger charge is 2.43. The van der Waals surface area contributed by atoms with Crippen LogP contribution in [0.4, 0.5) is 10.7 Å². The van der Waals surface area contributed by atoms with Crippen LogP contribution in [0.3, 0.4) is 0 Å². The molecule has 1 aliphatic heterocycles. The van der Waals surface area contributed by atoms with Gasteiger partial charge >= 0.3 is 29.6 Å². The zero-order chi connectivity index (χ0) is 36.2. The van der Waals surface area contributed by atoms with Gasteiger partial charge in [-0.15, -0.1) is 0 Å². The van der Waals surface area contributed by atoms with Crippen molar-refractivity contribution in [2.45, 2.75) is 24.9 Å². The van der Waals surface area contributed by atoms with Crippen LogP contribution < -0.4 is 22.3 Å². The van der Waals surface area contributed by atoms with E-state index in [4.69, 9.17) is 40.0 Å². The number of fused-ring (bicyclic) bond motifs is 1. The van der Waals surface area contributed by atoms with Gasteiger partial charge in [-0.1, -0.05) is 55.0 Å². The average molecular weight is 831 g/mol. The van der Waals surface area contributed by atoms with E-state index in [-0.39, 0.29) is 48.1 Å².